The Morgan fingerprint density at radius 3 is 2.53 bits per heavy atom. The number of fused-ring (bicyclic) bond motifs is 1. The summed E-state index contributed by atoms with van der Waals surface area (Å²) in [4.78, 5) is 12.3. The van der Waals surface area contributed by atoms with E-state index in [9.17, 15) is 10.2 Å². The van der Waals surface area contributed by atoms with E-state index in [0.29, 0.717) is 24.3 Å². The van der Waals surface area contributed by atoms with Gasteiger partial charge in [0.25, 0.3) is 0 Å². The smallest absolute Gasteiger partial charge is 0.167 e. The summed E-state index contributed by atoms with van der Waals surface area (Å²) in [6, 6.07) is 18.2. The largest absolute Gasteiger partial charge is 0.489 e. The molecular formula is C27H33N7O4. The Morgan fingerprint density at radius 1 is 0.921 bits per heavy atom. The zero-order valence-electron chi connectivity index (χ0n) is 21.0. The molecule has 2 aromatic heterocycles. The van der Waals surface area contributed by atoms with Crippen LogP contribution in [0.3, 0.4) is 0 Å². The Morgan fingerprint density at radius 2 is 1.71 bits per heavy atom. The minimum Gasteiger partial charge on any atom is -0.489 e. The molecule has 11 heteroatoms. The van der Waals surface area contributed by atoms with Crippen molar-refractivity contribution < 1.29 is 19.7 Å². The molecule has 0 radical (unpaired) electrons. The predicted molar refractivity (Wildman–Crippen MR) is 142 cm³/mol. The monoisotopic (exact) mass is 519 g/mol. The lowest BCUT2D eigenvalue weighted by Crippen LogP contribution is -2.38. The van der Waals surface area contributed by atoms with Crippen LogP contribution < -0.4 is 21.1 Å². The molecule has 0 amide bonds. The second-order valence-electron chi connectivity index (χ2n) is 9.28. The molecule has 3 heterocycles. The number of aliphatic hydroxyl groups excluding tert-OH is 2. The number of anilines is 1. The van der Waals surface area contributed by atoms with Gasteiger partial charge in [0.15, 0.2) is 17.7 Å². The van der Waals surface area contributed by atoms with Crippen LogP contribution in [0.1, 0.15) is 23.8 Å². The predicted octanol–water partition coefficient (Wildman–Crippen LogP) is 1.38. The number of nitrogens with two attached hydrogens (primary N) is 1. The Hall–Kier alpha value is -3.61. The van der Waals surface area contributed by atoms with E-state index in [4.69, 9.17) is 15.2 Å². The van der Waals surface area contributed by atoms with E-state index in [1.54, 1.807) is 4.57 Å². The molecule has 4 aromatic rings. The summed E-state index contributed by atoms with van der Waals surface area (Å²) in [5, 5.41) is 27.8. The van der Waals surface area contributed by atoms with Gasteiger partial charge in [-0.1, -0.05) is 42.5 Å². The number of aliphatic hydroxyl groups is 2. The van der Waals surface area contributed by atoms with Crippen molar-refractivity contribution in [2.45, 2.75) is 44.1 Å². The van der Waals surface area contributed by atoms with E-state index in [1.165, 1.54) is 18.2 Å². The molecule has 0 bridgehead atoms. The van der Waals surface area contributed by atoms with Crippen molar-refractivity contribution in [1.82, 2.24) is 30.2 Å². The van der Waals surface area contributed by atoms with Crippen LogP contribution in [0, 0.1) is 0 Å². The Balaban J connectivity index is 0.989. The zero-order chi connectivity index (χ0) is 26.3. The first kappa shape index (κ1) is 26.0. The van der Waals surface area contributed by atoms with Crippen LogP contribution in [0.15, 0.2) is 67.3 Å². The molecule has 200 valence electrons. The Bertz CT molecular complexity index is 1300. The third-order valence-electron chi connectivity index (χ3n) is 6.55. The van der Waals surface area contributed by atoms with Gasteiger partial charge in [-0.25, -0.2) is 15.0 Å². The van der Waals surface area contributed by atoms with Gasteiger partial charge in [0.05, 0.1) is 6.33 Å². The normalized spacial score (nSPS) is 21.2. The molecule has 1 unspecified atom stereocenters. The number of benzene rings is 2. The van der Waals surface area contributed by atoms with E-state index in [0.717, 1.165) is 37.4 Å². The minimum atomic E-state index is -1.12. The van der Waals surface area contributed by atoms with Crippen LogP contribution in [0.2, 0.25) is 0 Å². The highest BCUT2D eigenvalue weighted by molar-refractivity contribution is 5.81. The van der Waals surface area contributed by atoms with Gasteiger partial charge in [-0.2, -0.15) is 0 Å². The van der Waals surface area contributed by atoms with Crippen LogP contribution in [-0.4, -0.2) is 67.7 Å². The summed E-state index contributed by atoms with van der Waals surface area (Å²) in [5.74, 6) is 1.10. The Labute approximate surface area is 220 Å². The van der Waals surface area contributed by atoms with Gasteiger partial charge in [0.2, 0.25) is 0 Å². The van der Waals surface area contributed by atoms with Gasteiger partial charge in [-0.3, -0.25) is 4.57 Å². The second-order valence-corrected chi connectivity index (χ2v) is 9.28. The van der Waals surface area contributed by atoms with Gasteiger partial charge in [-0.05, 0) is 42.8 Å². The molecule has 1 aliphatic rings. The minimum absolute atomic E-state index is 0.249. The van der Waals surface area contributed by atoms with E-state index >= 15 is 0 Å². The van der Waals surface area contributed by atoms with Crippen LogP contribution in [0.5, 0.6) is 5.75 Å². The van der Waals surface area contributed by atoms with Crippen molar-refractivity contribution in [3.8, 4) is 5.75 Å². The highest BCUT2D eigenvalue weighted by Crippen LogP contribution is 2.31. The molecule has 38 heavy (non-hydrogen) atoms. The maximum Gasteiger partial charge on any atom is 0.167 e. The van der Waals surface area contributed by atoms with Crippen LogP contribution in [-0.2, 0) is 17.9 Å². The number of aromatic nitrogens is 4. The maximum absolute atomic E-state index is 10.6. The lowest BCUT2D eigenvalue weighted by Gasteiger charge is -2.16. The van der Waals surface area contributed by atoms with Crippen LogP contribution in [0.4, 0.5) is 5.82 Å². The molecule has 4 atom stereocenters. The molecule has 0 aliphatic carbocycles. The standard InChI is InChI=1S/C27H33N7O4/c28-25-22-26(32-16-31-25)34(17-33-22)27-24(36)23(35)21(38-27)14-30-12-4-11-29-13-18-7-9-20(10-8-18)37-15-19-5-2-1-3-6-19/h1-3,5-10,16-17,21,23-24,27,29-30,35-36H,4,11-15H2,(H2,28,31,32)/t21?,23-,24-,27-/m1/s1. The quantitative estimate of drug-likeness (QED) is 0.174. The highest BCUT2D eigenvalue weighted by atomic mass is 16.6. The first-order valence-corrected chi connectivity index (χ1v) is 12.7. The highest BCUT2D eigenvalue weighted by Gasteiger charge is 2.44. The summed E-state index contributed by atoms with van der Waals surface area (Å²) in [6.07, 6.45) is 0.180. The van der Waals surface area contributed by atoms with Gasteiger partial charge in [0.1, 0.15) is 42.5 Å². The fourth-order valence-electron chi connectivity index (χ4n) is 4.44. The van der Waals surface area contributed by atoms with Gasteiger partial charge >= 0.3 is 0 Å². The van der Waals surface area contributed by atoms with Crippen molar-refractivity contribution >= 4 is 17.0 Å². The first-order chi connectivity index (χ1) is 18.6. The maximum atomic E-state index is 10.6. The molecule has 6 N–H and O–H groups in total. The van der Waals surface area contributed by atoms with Crippen LogP contribution >= 0.6 is 0 Å². The van der Waals surface area contributed by atoms with E-state index in [2.05, 4.69) is 37.7 Å². The second kappa shape index (κ2) is 12.3. The molecule has 5 rings (SSSR count). The van der Waals surface area contributed by atoms with Crippen molar-refractivity contribution in [1.29, 1.82) is 0 Å². The van der Waals surface area contributed by atoms with Crippen molar-refractivity contribution in [3.63, 3.8) is 0 Å². The molecule has 0 spiro atoms. The molecular weight excluding hydrogens is 486 g/mol. The zero-order valence-corrected chi connectivity index (χ0v) is 21.0. The molecule has 2 aromatic carbocycles. The van der Waals surface area contributed by atoms with Crippen molar-refractivity contribution in [2.75, 3.05) is 25.4 Å². The number of nitrogens with zero attached hydrogens (tertiary/aromatic N) is 4. The summed E-state index contributed by atoms with van der Waals surface area (Å²) < 4.78 is 13.4. The summed E-state index contributed by atoms with van der Waals surface area (Å²) in [5.41, 5.74) is 9.05. The lowest BCUT2D eigenvalue weighted by molar-refractivity contribution is -0.0341. The van der Waals surface area contributed by atoms with Gasteiger partial charge in [0, 0.05) is 13.1 Å². The number of hydrogen-bond acceptors (Lipinski definition) is 10. The topological polar surface area (TPSA) is 153 Å². The third kappa shape index (κ3) is 6.09. The molecule has 1 fully saturated rings. The molecule has 11 nitrogen and oxygen atoms in total. The SMILES string of the molecule is Nc1ncnc2c1ncn2[C@@H]1OC(CNCCCNCc2ccc(OCc3ccccc3)cc2)[C@@H](O)[C@H]1O. The summed E-state index contributed by atoms with van der Waals surface area (Å²) in [7, 11) is 0. The van der Waals surface area contributed by atoms with Gasteiger partial charge in [-0.15, -0.1) is 0 Å². The van der Waals surface area contributed by atoms with Gasteiger partial charge < -0.3 is 36.1 Å². The number of nitrogens with one attached hydrogen (secondary N) is 2. The van der Waals surface area contributed by atoms with Crippen molar-refractivity contribution in [3.05, 3.63) is 78.4 Å². The van der Waals surface area contributed by atoms with Crippen LogP contribution in [0.25, 0.3) is 11.2 Å². The Kier molecular flexibility index (Phi) is 8.41. The average molecular weight is 520 g/mol. The fourth-order valence-corrected chi connectivity index (χ4v) is 4.44. The average Bonchev–Trinajstić information content (AvgIpc) is 3.50. The number of imidazole rings is 1. The van der Waals surface area contributed by atoms with E-state index in [-0.39, 0.29) is 5.82 Å². The summed E-state index contributed by atoms with van der Waals surface area (Å²) >= 11 is 0. The number of ether oxygens (including phenoxy) is 2. The third-order valence-corrected chi connectivity index (χ3v) is 6.55. The van der Waals surface area contributed by atoms with Crippen molar-refractivity contribution in [2.24, 2.45) is 0 Å². The lowest BCUT2D eigenvalue weighted by atomic mass is 10.1. The number of rotatable bonds is 12. The van der Waals surface area contributed by atoms with E-state index in [1.807, 2.05) is 42.5 Å². The first-order valence-electron chi connectivity index (χ1n) is 12.7. The molecule has 1 saturated heterocycles. The van der Waals surface area contributed by atoms with E-state index < -0.39 is 24.5 Å². The number of hydrogen-bond donors (Lipinski definition) is 5. The number of nitrogen functional groups attached to an aromatic ring is 1. The summed E-state index contributed by atoms with van der Waals surface area (Å²) in [6.45, 7) is 3.30. The molecule has 0 saturated carbocycles. The molecule has 1 aliphatic heterocycles. The fraction of sp³-hybridized carbons (Fsp3) is 0.370.